The molecule has 2 aliphatic rings. The molecule has 1 aliphatic carbocycles. The van der Waals surface area contributed by atoms with E-state index in [4.69, 9.17) is 0 Å². The minimum absolute atomic E-state index is 0.0187. The highest BCUT2D eigenvalue weighted by Gasteiger charge is 2.27. The van der Waals surface area contributed by atoms with Gasteiger partial charge in [0.05, 0.1) is 5.92 Å². The van der Waals surface area contributed by atoms with Gasteiger partial charge in [-0.25, -0.2) is 0 Å². The number of thioether (sulfide) groups is 1. The molecule has 1 fully saturated rings. The quantitative estimate of drug-likeness (QED) is 0.691. The highest BCUT2D eigenvalue weighted by atomic mass is 32.2. The van der Waals surface area contributed by atoms with Gasteiger partial charge < -0.3 is 0 Å². The third kappa shape index (κ3) is 1.98. The fourth-order valence-electron chi connectivity index (χ4n) is 1.74. The number of rotatable bonds is 2. The van der Waals surface area contributed by atoms with Gasteiger partial charge in [0, 0.05) is 11.7 Å². The lowest BCUT2D eigenvalue weighted by atomic mass is 9.89. The summed E-state index contributed by atoms with van der Waals surface area (Å²) in [5.74, 6) is 2.34. The molecule has 1 heterocycles. The second-order valence-corrected chi connectivity index (χ2v) is 4.76. The third-order valence-corrected chi connectivity index (χ3v) is 3.76. The van der Waals surface area contributed by atoms with Crippen molar-refractivity contribution in [2.24, 2.45) is 11.8 Å². The lowest BCUT2D eigenvalue weighted by molar-refractivity contribution is -0.123. The largest absolute Gasteiger partial charge is 0.298 e. The molecular formula is C11H12O2S. The molecule has 14 heavy (non-hydrogen) atoms. The van der Waals surface area contributed by atoms with E-state index >= 15 is 0 Å². The first-order chi connectivity index (χ1) is 6.77. The van der Waals surface area contributed by atoms with Crippen LogP contribution in [0.15, 0.2) is 24.3 Å². The van der Waals surface area contributed by atoms with E-state index in [0.29, 0.717) is 0 Å². The van der Waals surface area contributed by atoms with Crippen LogP contribution in [-0.4, -0.2) is 23.1 Å². The normalized spacial score (nSPS) is 27.1. The van der Waals surface area contributed by atoms with Gasteiger partial charge in [0.1, 0.15) is 5.78 Å². The average molecular weight is 208 g/mol. The minimum atomic E-state index is -0.156. The van der Waals surface area contributed by atoms with E-state index in [0.717, 1.165) is 17.9 Å². The second kappa shape index (κ2) is 4.13. The summed E-state index contributed by atoms with van der Waals surface area (Å²) in [6.07, 6.45) is 7.41. The predicted molar refractivity (Wildman–Crippen MR) is 57.2 cm³/mol. The van der Waals surface area contributed by atoms with E-state index in [1.807, 2.05) is 11.8 Å². The van der Waals surface area contributed by atoms with E-state index in [1.165, 1.54) is 12.2 Å². The molecule has 0 bridgehead atoms. The number of Topliss-reactive ketones (excluding diaryl/α,β-unsaturated/α-hetero) is 1. The SMILES string of the molecule is O=C1C=CC(C(=O)C2CCSC2)C=C1. The Bertz CT molecular complexity index is 295. The van der Waals surface area contributed by atoms with Gasteiger partial charge in [-0.15, -0.1) is 0 Å². The van der Waals surface area contributed by atoms with Gasteiger partial charge in [0.2, 0.25) is 0 Å². The second-order valence-electron chi connectivity index (χ2n) is 3.61. The summed E-state index contributed by atoms with van der Waals surface area (Å²) in [5.41, 5.74) is 0. The Kier molecular flexibility index (Phi) is 2.87. The molecule has 0 radical (unpaired) electrons. The lowest BCUT2D eigenvalue weighted by Gasteiger charge is -2.13. The first-order valence-electron chi connectivity index (χ1n) is 4.79. The molecule has 1 atom stereocenters. The summed E-state index contributed by atoms with van der Waals surface area (Å²) >= 11 is 1.84. The molecule has 1 aliphatic heterocycles. The maximum absolute atomic E-state index is 11.9. The molecule has 0 amide bonds. The zero-order valence-electron chi connectivity index (χ0n) is 7.81. The van der Waals surface area contributed by atoms with Crippen molar-refractivity contribution in [3.63, 3.8) is 0 Å². The highest BCUT2D eigenvalue weighted by molar-refractivity contribution is 7.99. The summed E-state index contributed by atoms with van der Waals surface area (Å²) in [6, 6.07) is 0. The van der Waals surface area contributed by atoms with Gasteiger partial charge in [0.25, 0.3) is 0 Å². The number of hydrogen-bond acceptors (Lipinski definition) is 3. The van der Waals surface area contributed by atoms with Crippen LogP contribution in [0.2, 0.25) is 0 Å². The molecule has 0 spiro atoms. The van der Waals surface area contributed by atoms with Gasteiger partial charge >= 0.3 is 0 Å². The maximum atomic E-state index is 11.9. The van der Waals surface area contributed by atoms with Crippen LogP contribution < -0.4 is 0 Å². The van der Waals surface area contributed by atoms with Crippen molar-refractivity contribution >= 4 is 23.3 Å². The zero-order valence-corrected chi connectivity index (χ0v) is 8.63. The van der Waals surface area contributed by atoms with Crippen LogP contribution in [0.25, 0.3) is 0 Å². The summed E-state index contributed by atoms with van der Waals surface area (Å²) in [4.78, 5) is 22.7. The molecule has 1 saturated heterocycles. The van der Waals surface area contributed by atoms with Gasteiger partial charge in [-0.3, -0.25) is 9.59 Å². The van der Waals surface area contributed by atoms with Gasteiger partial charge in [-0.2, -0.15) is 11.8 Å². The first-order valence-corrected chi connectivity index (χ1v) is 5.94. The van der Waals surface area contributed by atoms with Gasteiger partial charge in [-0.05, 0) is 24.3 Å². The van der Waals surface area contributed by atoms with E-state index in [-0.39, 0.29) is 23.4 Å². The standard InChI is InChI=1S/C11H12O2S/c12-10-3-1-8(2-4-10)11(13)9-5-6-14-7-9/h1-4,8-9H,5-7H2. The molecule has 1 unspecified atom stereocenters. The van der Waals surface area contributed by atoms with Crippen LogP contribution >= 0.6 is 11.8 Å². The van der Waals surface area contributed by atoms with Crippen LogP contribution in [0.5, 0.6) is 0 Å². The Balaban J connectivity index is 2.01. The number of ketones is 2. The van der Waals surface area contributed by atoms with E-state index < -0.39 is 0 Å². The van der Waals surface area contributed by atoms with Crippen molar-refractivity contribution in [2.75, 3.05) is 11.5 Å². The smallest absolute Gasteiger partial charge is 0.178 e. The van der Waals surface area contributed by atoms with E-state index in [1.54, 1.807) is 12.2 Å². The van der Waals surface area contributed by atoms with E-state index in [2.05, 4.69) is 0 Å². The molecule has 0 aromatic rings. The predicted octanol–water partition coefficient (Wildman–Crippen LogP) is 1.62. The van der Waals surface area contributed by atoms with Crippen molar-refractivity contribution in [1.29, 1.82) is 0 Å². The minimum Gasteiger partial charge on any atom is -0.298 e. The average Bonchev–Trinajstić information content (AvgIpc) is 2.71. The van der Waals surface area contributed by atoms with Gasteiger partial charge in [-0.1, -0.05) is 12.2 Å². The van der Waals surface area contributed by atoms with Crippen molar-refractivity contribution in [2.45, 2.75) is 6.42 Å². The Hall–Kier alpha value is -0.830. The van der Waals surface area contributed by atoms with Crippen LogP contribution in [0.3, 0.4) is 0 Å². The third-order valence-electron chi connectivity index (χ3n) is 2.60. The Labute approximate surface area is 87.4 Å². The zero-order chi connectivity index (χ0) is 9.97. The van der Waals surface area contributed by atoms with Crippen LogP contribution in [0, 0.1) is 11.8 Å². The topological polar surface area (TPSA) is 34.1 Å². The van der Waals surface area contributed by atoms with Crippen molar-refractivity contribution in [1.82, 2.24) is 0 Å². The number of allylic oxidation sites excluding steroid dienone is 4. The summed E-state index contributed by atoms with van der Waals surface area (Å²) in [6.45, 7) is 0. The number of carbonyl (C=O) groups excluding carboxylic acids is 2. The van der Waals surface area contributed by atoms with Crippen molar-refractivity contribution in [3.8, 4) is 0 Å². The molecule has 74 valence electrons. The fourth-order valence-corrected chi connectivity index (χ4v) is 2.97. The highest BCUT2D eigenvalue weighted by Crippen LogP contribution is 2.27. The van der Waals surface area contributed by atoms with Gasteiger partial charge in [0.15, 0.2) is 5.78 Å². The Morgan fingerprint density at radius 2 is 2.07 bits per heavy atom. The number of hydrogen-bond donors (Lipinski definition) is 0. The molecular weight excluding hydrogens is 196 g/mol. The summed E-state index contributed by atoms with van der Waals surface area (Å²) in [7, 11) is 0. The maximum Gasteiger partial charge on any atom is 0.178 e. The first kappa shape index (κ1) is 9.71. The lowest BCUT2D eigenvalue weighted by Crippen LogP contribution is -2.22. The molecule has 2 nitrogen and oxygen atoms in total. The molecule has 0 aromatic carbocycles. The van der Waals surface area contributed by atoms with Crippen LogP contribution in [0.1, 0.15) is 6.42 Å². The Morgan fingerprint density at radius 3 is 2.64 bits per heavy atom. The molecule has 3 heteroatoms. The van der Waals surface area contributed by atoms with Crippen LogP contribution in [0.4, 0.5) is 0 Å². The Morgan fingerprint density at radius 1 is 1.36 bits per heavy atom. The molecule has 2 rings (SSSR count). The number of carbonyl (C=O) groups is 2. The molecule has 0 N–H and O–H groups in total. The monoisotopic (exact) mass is 208 g/mol. The van der Waals surface area contributed by atoms with Crippen molar-refractivity contribution in [3.05, 3.63) is 24.3 Å². The van der Waals surface area contributed by atoms with Crippen LogP contribution in [-0.2, 0) is 9.59 Å². The van der Waals surface area contributed by atoms with Crippen molar-refractivity contribution < 1.29 is 9.59 Å². The fraction of sp³-hybridized carbons (Fsp3) is 0.455. The summed E-state index contributed by atoms with van der Waals surface area (Å²) in [5, 5.41) is 0. The summed E-state index contributed by atoms with van der Waals surface area (Å²) < 4.78 is 0. The molecule has 0 saturated carbocycles. The van der Waals surface area contributed by atoms with E-state index in [9.17, 15) is 9.59 Å². The molecule has 0 aromatic heterocycles.